The van der Waals surface area contributed by atoms with Crippen molar-refractivity contribution >= 4 is 5.91 Å². The molecule has 3 atom stereocenters. The van der Waals surface area contributed by atoms with Crippen LogP contribution in [0.1, 0.15) is 33.6 Å². The minimum Gasteiger partial charge on any atom is -0.392 e. The van der Waals surface area contributed by atoms with Crippen molar-refractivity contribution in [2.75, 3.05) is 6.54 Å². The molecule has 88 valence electrons. The number of nitrogens with two attached hydrogens (primary N) is 1. The van der Waals surface area contributed by atoms with Gasteiger partial charge in [-0.05, 0) is 12.8 Å². The van der Waals surface area contributed by atoms with Crippen molar-refractivity contribution in [3.63, 3.8) is 0 Å². The fourth-order valence-corrected chi connectivity index (χ4v) is 1.90. The van der Waals surface area contributed by atoms with Gasteiger partial charge < -0.3 is 16.2 Å². The number of nitrogens with one attached hydrogen (secondary N) is 1. The summed E-state index contributed by atoms with van der Waals surface area (Å²) in [5.41, 5.74) is 5.30. The van der Waals surface area contributed by atoms with E-state index in [1.807, 2.05) is 20.8 Å². The zero-order chi connectivity index (χ0) is 11.6. The number of aliphatic hydroxyl groups is 1. The van der Waals surface area contributed by atoms with Crippen LogP contribution in [-0.4, -0.2) is 29.7 Å². The monoisotopic (exact) mass is 214 g/mol. The van der Waals surface area contributed by atoms with Gasteiger partial charge in [0.2, 0.25) is 5.91 Å². The number of carbonyl (C=O) groups excluding carboxylic acids is 1. The maximum absolute atomic E-state index is 11.7. The van der Waals surface area contributed by atoms with Crippen molar-refractivity contribution in [1.29, 1.82) is 0 Å². The largest absolute Gasteiger partial charge is 0.392 e. The summed E-state index contributed by atoms with van der Waals surface area (Å²) in [6.45, 7) is 6.28. The minimum absolute atomic E-state index is 0.0185. The smallest absolute Gasteiger partial charge is 0.224 e. The van der Waals surface area contributed by atoms with Gasteiger partial charge in [0.05, 0.1) is 6.10 Å². The van der Waals surface area contributed by atoms with E-state index in [0.29, 0.717) is 13.0 Å². The Labute approximate surface area is 91.2 Å². The Morgan fingerprint density at radius 2 is 2.27 bits per heavy atom. The molecule has 4 heteroatoms. The molecule has 15 heavy (non-hydrogen) atoms. The molecule has 0 aromatic carbocycles. The van der Waals surface area contributed by atoms with Crippen LogP contribution in [0, 0.1) is 11.3 Å². The maximum atomic E-state index is 11.7. The lowest BCUT2D eigenvalue weighted by atomic mass is 9.64. The average molecular weight is 214 g/mol. The third-order valence-corrected chi connectivity index (χ3v) is 3.68. The fourth-order valence-electron chi connectivity index (χ4n) is 1.90. The molecule has 0 aromatic rings. The molecule has 1 aliphatic rings. The van der Waals surface area contributed by atoms with E-state index in [9.17, 15) is 9.90 Å². The van der Waals surface area contributed by atoms with Gasteiger partial charge in [0.15, 0.2) is 0 Å². The normalized spacial score (nSPS) is 30.5. The van der Waals surface area contributed by atoms with Crippen molar-refractivity contribution in [1.82, 2.24) is 5.32 Å². The molecule has 4 N–H and O–H groups in total. The van der Waals surface area contributed by atoms with Crippen LogP contribution in [0.2, 0.25) is 0 Å². The lowest BCUT2D eigenvalue weighted by Crippen LogP contribution is -2.62. The van der Waals surface area contributed by atoms with Gasteiger partial charge in [0.25, 0.3) is 0 Å². The first kappa shape index (κ1) is 12.5. The molecule has 1 fully saturated rings. The molecule has 1 amide bonds. The second-order valence-electron chi connectivity index (χ2n) is 4.97. The van der Waals surface area contributed by atoms with Crippen molar-refractivity contribution in [3.05, 3.63) is 0 Å². The first-order valence-corrected chi connectivity index (χ1v) is 5.62. The predicted octanol–water partition coefficient (Wildman–Crippen LogP) is 0.247. The van der Waals surface area contributed by atoms with E-state index in [1.165, 1.54) is 0 Å². The van der Waals surface area contributed by atoms with Crippen molar-refractivity contribution in [2.24, 2.45) is 17.1 Å². The SMILES string of the molecule is CCC(CN)C(=O)NC1CC(O)C1(C)C. The van der Waals surface area contributed by atoms with Gasteiger partial charge in [-0.15, -0.1) is 0 Å². The first-order valence-electron chi connectivity index (χ1n) is 5.62. The zero-order valence-corrected chi connectivity index (χ0v) is 9.79. The Balaban J connectivity index is 2.46. The summed E-state index contributed by atoms with van der Waals surface area (Å²) in [6, 6.07) is 0.0839. The Kier molecular flexibility index (Phi) is 3.73. The fraction of sp³-hybridized carbons (Fsp3) is 0.909. The van der Waals surface area contributed by atoms with E-state index in [1.54, 1.807) is 0 Å². The second kappa shape index (κ2) is 4.49. The van der Waals surface area contributed by atoms with Crippen LogP contribution in [0.15, 0.2) is 0 Å². The van der Waals surface area contributed by atoms with Crippen molar-refractivity contribution < 1.29 is 9.90 Å². The molecule has 0 bridgehead atoms. The first-order chi connectivity index (χ1) is 6.93. The maximum Gasteiger partial charge on any atom is 0.224 e. The number of rotatable bonds is 4. The summed E-state index contributed by atoms with van der Waals surface area (Å²) < 4.78 is 0. The van der Waals surface area contributed by atoms with Crippen LogP contribution in [0.25, 0.3) is 0 Å². The van der Waals surface area contributed by atoms with E-state index >= 15 is 0 Å². The molecule has 0 aliphatic heterocycles. The number of hydrogen-bond acceptors (Lipinski definition) is 3. The lowest BCUT2D eigenvalue weighted by molar-refractivity contribution is -0.132. The molecular weight excluding hydrogens is 192 g/mol. The summed E-state index contributed by atoms with van der Waals surface area (Å²) in [7, 11) is 0. The highest BCUT2D eigenvalue weighted by atomic mass is 16.3. The Bertz CT molecular complexity index is 237. The molecule has 0 aromatic heterocycles. The van der Waals surface area contributed by atoms with Gasteiger partial charge in [-0.1, -0.05) is 20.8 Å². The van der Waals surface area contributed by atoms with Crippen LogP contribution in [0.4, 0.5) is 0 Å². The van der Waals surface area contributed by atoms with E-state index in [2.05, 4.69) is 5.32 Å². The van der Waals surface area contributed by atoms with Gasteiger partial charge in [-0.3, -0.25) is 4.79 Å². The highest BCUT2D eigenvalue weighted by Gasteiger charge is 2.48. The minimum atomic E-state index is -0.305. The molecule has 1 rings (SSSR count). The summed E-state index contributed by atoms with van der Waals surface area (Å²) >= 11 is 0. The van der Waals surface area contributed by atoms with Gasteiger partial charge in [-0.2, -0.15) is 0 Å². The number of hydrogen-bond donors (Lipinski definition) is 3. The van der Waals surface area contributed by atoms with Crippen molar-refractivity contribution in [3.8, 4) is 0 Å². The quantitative estimate of drug-likeness (QED) is 0.628. The van der Waals surface area contributed by atoms with Crippen LogP contribution >= 0.6 is 0 Å². The number of amides is 1. The van der Waals surface area contributed by atoms with Crippen LogP contribution < -0.4 is 11.1 Å². The third kappa shape index (κ3) is 2.32. The van der Waals surface area contributed by atoms with Gasteiger partial charge >= 0.3 is 0 Å². The van der Waals surface area contributed by atoms with E-state index in [-0.39, 0.29) is 29.4 Å². The summed E-state index contributed by atoms with van der Waals surface area (Å²) in [6.07, 6.45) is 1.11. The molecule has 3 unspecified atom stereocenters. The summed E-state index contributed by atoms with van der Waals surface area (Å²) in [4.78, 5) is 11.7. The highest BCUT2D eigenvalue weighted by molar-refractivity contribution is 5.79. The Hall–Kier alpha value is -0.610. The van der Waals surface area contributed by atoms with Gasteiger partial charge in [-0.25, -0.2) is 0 Å². The zero-order valence-electron chi connectivity index (χ0n) is 9.79. The van der Waals surface area contributed by atoms with Crippen LogP contribution in [0.5, 0.6) is 0 Å². The van der Waals surface area contributed by atoms with E-state index in [0.717, 1.165) is 6.42 Å². The molecule has 0 heterocycles. The number of carbonyl (C=O) groups is 1. The topological polar surface area (TPSA) is 75.4 Å². The Morgan fingerprint density at radius 3 is 2.60 bits per heavy atom. The second-order valence-corrected chi connectivity index (χ2v) is 4.97. The lowest BCUT2D eigenvalue weighted by Gasteiger charge is -2.49. The van der Waals surface area contributed by atoms with Crippen LogP contribution in [0.3, 0.4) is 0 Å². The molecule has 0 saturated heterocycles. The molecule has 1 aliphatic carbocycles. The molecule has 1 saturated carbocycles. The van der Waals surface area contributed by atoms with Gasteiger partial charge in [0.1, 0.15) is 0 Å². The van der Waals surface area contributed by atoms with Crippen LogP contribution in [-0.2, 0) is 4.79 Å². The Morgan fingerprint density at radius 1 is 1.67 bits per heavy atom. The van der Waals surface area contributed by atoms with E-state index in [4.69, 9.17) is 5.73 Å². The van der Waals surface area contributed by atoms with Gasteiger partial charge in [0, 0.05) is 23.9 Å². The number of aliphatic hydroxyl groups excluding tert-OH is 1. The summed E-state index contributed by atoms with van der Waals surface area (Å²) in [5, 5.41) is 12.5. The van der Waals surface area contributed by atoms with Crippen molar-refractivity contribution in [2.45, 2.75) is 45.8 Å². The average Bonchev–Trinajstić information content (AvgIpc) is 2.19. The standard InChI is InChI=1S/C11H22N2O2/c1-4-7(6-12)10(15)13-8-5-9(14)11(8,2)3/h7-9,14H,4-6,12H2,1-3H3,(H,13,15). The third-order valence-electron chi connectivity index (χ3n) is 3.68. The molecule has 4 nitrogen and oxygen atoms in total. The molecule has 0 spiro atoms. The predicted molar refractivity (Wildman–Crippen MR) is 59.2 cm³/mol. The summed E-state index contributed by atoms with van der Waals surface area (Å²) in [5.74, 6) is -0.0801. The molecular formula is C11H22N2O2. The molecule has 0 radical (unpaired) electrons. The van der Waals surface area contributed by atoms with E-state index < -0.39 is 0 Å². The highest BCUT2D eigenvalue weighted by Crippen LogP contribution is 2.40.